The average Bonchev–Trinajstić information content (AvgIpc) is 3.61. The zero-order valence-electron chi connectivity index (χ0n) is 20.5. The molecule has 0 N–H and O–H groups in total. The number of ether oxygens (including phenoxy) is 2. The number of morpholine rings is 2. The minimum absolute atomic E-state index is 0.842. The first kappa shape index (κ1) is 24.0. The molecule has 2 aromatic heterocycles. The first-order chi connectivity index (χ1) is 17.8. The molecule has 2 saturated heterocycles. The van der Waals surface area contributed by atoms with Gasteiger partial charge in [-0.3, -0.25) is 9.80 Å². The fraction of sp³-hybridized carbons (Fsp3) is 0.333. The van der Waals surface area contributed by atoms with Crippen molar-refractivity contribution in [2.24, 2.45) is 0 Å². The summed E-state index contributed by atoms with van der Waals surface area (Å²) in [5, 5.41) is 2.29. The van der Waals surface area contributed by atoms with Gasteiger partial charge in [0.15, 0.2) is 0 Å². The Kier molecular flexibility index (Phi) is 7.60. The molecule has 0 radical (unpaired) electrons. The van der Waals surface area contributed by atoms with Gasteiger partial charge in [0.1, 0.15) is 0 Å². The number of thiophene rings is 2. The van der Waals surface area contributed by atoms with Gasteiger partial charge in [0, 0.05) is 64.8 Å². The number of benzene rings is 2. The van der Waals surface area contributed by atoms with Crippen LogP contribution in [-0.4, -0.2) is 62.4 Å². The van der Waals surface area contributed by atoms with Crippen molar-refractivity contribution in [2.45, 2.75) is 13.1 Å². The summed E-state index contributed by atoms with van der Waals surface area (Å²) in [5.41, 5.74) is 6.66. The summed E-state index contributed by atoms with van der Waals surface area (Å²) in [6.45, 7) is 9.47. The lowest BCUT2D eigenvalue weighted by molar-refractivity contribution is 0.0341. The summed E-state index contributed by atoms with van der Waals surface area (Å²) in [7, 11) is 0. The highest BCUT2D eigenvalue weighted by Crippen LogP contribution is 2.39. The van der Waals surface area contributed by atoms with Crippen LogP contribution in [0.4, 0.5) is 0 Å². The van der Waals surface area contributed by atoms with E-state index in [0.29, 0.717) is 0 Å². The standard InChI is InChI=1S/C30H32N2O2S2/c1-2-24(21-32-12-16-34-17-13-32)18-26(3-1)28-8-9-29(36-28)27-19-30(35-22-27)25-6-4-23(5-7-25)20-31-10-14-33-15-11-31/h1-9,18-19,22H,10-17,20-21H2. The third-order valence-corrected chi connectivity index (χ3v) is 9.12. The van der Waals surface area contributed by atoms with Gasteiger partial charge in [-0.1, -0.05) is 42.5 Å². The van der Waals surface area contributed by atoms with Crippen molar-refractivity contribution in [3.63, 3.8) is 0 Å². The third kappa shape index (κ3) is 5.80. The molecular formula is C30H32N2O2S2. The number of hydrogen-bond acceptors (Lipinski definition) is 6. The van der Waals surface area contributed by atoms with Gasteiger partial charge in [-0.05, 0) is 46.5 Å². The van der Waals surface area contributed by atoms with Crippen LogP contribution in [0.25, 0.3) is 31.3 Å². The van der Waals surface area contributed by atoms with Crippen molar-refractivity contribution in [1.82, 2.24) is 9.80 Å². The molecule has 0 aliphatic carbocycles. The summed E-state index contributed by atoms with van der Waals surface area (Å²) in [4.78, 5) is 8.92. The monoisotopic (exact) mass is 516 g/mol. The Morgan fingerprint density at radius 3 is 1.92 bits per heavy atom. The fourth-order valence-corrected chi connectivity index (χ4v) is 6.88. The molecule has 0 unspecified atom stereocenters. The van der Waals surface area contributed by atoms with Crippen LogP contribution in [0.5, 0.6) is 0 Å². The van der Waals surface area contributed by atoms with Gasteiger partial charge < -0.3 is 9.47 Å². The van der Waals surface area contributed by atoms with Crippen LogP contribution >= 0.6 is 22.7 Å². The second-order valence-electron chi connectivity index (χ2n) is 9.54. The molecule has 0 bridgehead atoms. The molecule has 4 aromatic rings. The van der Waals surface area contributed by atoms with Gasteiger partial charge in [0.25, 0.3) is 0 Å². The summed E-state index contributed by atoms with van der Waals surface area (Å²) in [6.07, 6.45) is 0. The van der Waals surface area contributed by atoms with E-state index >= 15 is 0 Å². The largest absolute Gasteiger partial charge is 0.379 e. The van der Waals surface area contributed by atoms with Gasteiger partial charge in [0.2, 0.25) is 0 Å². The SMILES string of the molecule is c1cc(CN2CCOCC2)cc(-c2ccc(-c3csc(-c4ccc(CN5CCOCC5)cc4)c3)s2)c1. The first-order valence-electron chi connectivity index (χ1n) is 12.8. The Bertz CT molecular complexity index is 1270. The Labute approximate surface area is 221 Å². The lowest BCUT2D eigenvalue weighted by atomic mass is 10.1. The van der Waals surface area contributed by atoms with Gasteiger partial charge >= 0.3 is 0 Å². The molecular weight excluding hydrogens is 484 g/mol. The topological polar surface area (TPSA) is 24.9 Å². The van der Waals surface area contributed by atoms with Crippen LogP contribution in [0.3, 0.4) is 0 Å². The summed E-state index contributed by atoms with van der Waals surface area (Å²) in [6, 6.07) is 25.0. The lowest BCUT2D eigenvalue weighted by Crippen LogP contribution is -2.35. The Hall–Kier alpha value is -2.32. The van der Waals surface area contributed by atoms with E-state index < -0.39 is 0 Å². The zero-order valence-corrected chi connectivity index (χ0v) is 22.2. The predicted molar refractivity (Wildman–Crippen MR) is 151 cm³/mol. The lowest BCUT2D eigenvalue weighted by Gasteiger charge is -2.26. The van der Waals surface area contributed by atoms with Crippen LogP contribution in [-0.2, 0) is 22.6 Å². The van der Waals surface area contributed by atoms with E-state index in [1.165, 1.54) is 42.4 Å². The van der Waals surface area contributed by atoms with Crippen LogP contribution < -0.4 is 0 Å². The molecule has 4 heterocycles. The molecule has 2 fully saturated rings. The molecule has 0 spiro atoms. The molecule has 2 aromatic carbocycles. The number of nitrogens with zero attached hydrogens (tertiary/aromatic N) is 2. The van der Waals surface area contributed by atoms with Crippen molar-refractivity contribution in [1.29, 1.82) is 0 Å². The van der Waals surface area contributed by atoms with E-state index in [-0.39, 0.29) is 0 Å². The molecule has 4 nitrogen and oxygen atoms in total. The first-order valence-corrected chi connectivity index (χ1v) is 14.5. The zero-order chi connectivity index (χ0) is 24.2. The average molecular weight is 517 g/mol. The normalized spacial score (nSPS) is 17.4. The Morgan fingerprint density at radius 2 is 1.22 bits per heavy atom. The predicted octanol–water partition coefficient (Wildman–Crippen LogP) is 6.48. The van der Waals surface area contributed by atoms with Gasteiger partial charge in [-0.15, -0.1) is 22.7 Å². The number of hydrogen-bond donors (Lipinski definition) is 0. The van der Waals surface area contributed by atoms with Crippen molar-refractivity contribution in [2.75, 3.05) is 52.6 Å². The number of rotatable bonds is 7. The van der Waals surface area contributed by atoms with E-state index in [2.05, 4.69) is 81.9 Å². The van der Waals surface area contributed by atoms with E-state index in [9.17, 15) is 0 Å². The highest BCUT2D eigenvalue weighted by molar-refractivity contribution is 7.19. The van der Waals surface area contributed by atoms with Crippen molar-refractivity contribution < 1.29 is 9.47 Å². The second kappa shape index (κ2) is 11.4. The molecule has 2 aliphatic heterocycles. The molecule has 0 atom stereocenters. The smallest absolute Gasteiger partial charge is 0.0594 e. The third-order valence-electron chi connectivity index (χ3n) is 6.96. The minimum atomic E-state index is 0.842. The molecule has 36 heavy (non-hydrogen) atoms. The highest BCUT2D eigenvalue weighted by Gasteiger charge is 2.13. The molecule has 0 saturated carbocycles. The molecule has 2 aliphatic rings. The van der Waals surface area contributed by atoms with Gasteiger partial charge in [-0.25, -0.2) is 0 Å². The maximum Gasteiger partial charge on any atom is 0.0594 e. The van der Waals surface area contributed by atoms with E-state index in [1.54, 1.807) is 0 Å². The summed E-state index contributed by atoms with van der Waals surface area (Å²) < 4.78 is 11.0. The van der Waals surface area contributed by atoms with Crippen LogP contribution in [0, 0.1) is 0 Å². The van der Waals surface area contributed by atoms with E-state index in [4.69, 9.17) is 9.47 Å². The van der Waals surface area contributed by atoms with E-state index in [0.717, 1.165) is 65.7 Å². The summed E-state index contributed by atoms with van der Waals surface area (Å²) >= 11 is 3.71. The van der Waals surface area contributed by atoms with Gasteiger partial charge in [0.05, 0.1) is 26.4 Å². The van der Waals surface area contributed by atoms with E-state index in [1.807, 2.05) is 22.7 Å². The molecule has 186 valence electrons. The van der Waals surface area contributed by atoms with Crippen LogP contribution in [0.2, 0.25) is 0 Å². The molecule has 6 heteroatoms. The van der Waals surface area contributed by atoms with Crippen molar-refractivity contribution in [3.05, 3.63) is 83.2 Å². The highest BCUT2D eigenvalue weighted by atomic mass is 32.1. The Balaban J connectivity index is 1.13. The molecule has 6 rings (SSSR count). The van der Waals surface area contributed by atoms with Crippen molar-refractivity contribution >= 4 is 22.7 Å². The maximum atomic E-state index is 5.49. The van der Waals surface area contributed by atoms with Crippen LogP contribution in [0.15, 0.2) is 72.1 Å². The van der Waals surface area contributed by atoms with Crippen molar-refractivity contribution in [3.8, 4) is 31.3 Å². The quantitative estimate of drug-likeness (QED) is 0.281. The second-order valence-corrected chi connectivity index (χ2v) is 11.5. The minimum Gasteiger partial charge on any atom is -0.379 e. The fourth-order valence-electron chi connectivity index (χ4n) is 4.90. The maximum absolute atomic E-state index is 5.49. The Morgan fingerprint density at radius 1 is 0.583 bits per heavy atom. The molecule has 0 amide bonds. The summed E-state index contributed by atoms with van der Waals surface area (Å²) in [5.74, 6) is 0. The van der Waals surface area contributed by atoms with Gasteiger partial charge in [-0.2, -0.15) is 0 Å². The van der Waals surface area contributed by atoms with Crippen LogP contribution in [0.1, 0.15) is 11.1 Å².